The summed E-state index contributed by atoms with van der Waals surface area (Å²) < 4.78 is 15.7. The Kier molecular flexibility index (Phi) is 4.82. The number of methoxy groups -OCH3 is 1. The van der Waals surface area contributed by atoms with E-state index < -0.39 is 4.92 Å². The van der Waals surface area contributed by atoms with Crippen molar-refractivity contribution in [1.82, 2.24) is 10.1 Å². The summed E-state index contributed by atoms with van der Waals surface area (Å²) in [5.41, 5.74) is 0.728. The average Bonchev–Trinajstić information content (AvgIpc) is 3.25. The van der Waals surface area contributed by atoms with Gasteiger partial charge < -0.3 is 14.0 Å². The third-order valence-electron chi connectivity index (χ3n) is 3.06. The summed E-state index contributed by atoms with van der Waals surface area (Å²) in [4.78, 5) is 15.1. The first-order valence-corrected chi connectivity index (χ1v) is 7.79. The fraction of sp³-hybridized carbons (Fsp3) is 0.200. The summed E-state index contributed by atoms with van der Waals surface area (Å²) in [6.07, 6.45) is 0. The van der Waals surface area contributed by atoms with Gasteiger partial charge in [0.05, 0.1) is 16.4 Å². The summed E-state index contributed by atoms with van der Waals surface area (Å²) in [6, 6.07) is 10.3. The number of hydrogen-bond donors (Lipinski definition) is 0. The largest absolute Gasteiger partial charge is 0.491 e. The van der Waals surface area contributed by atoms with Crippen molar-refractivity contribution in [2.45, 2.75) is 0 Å². The second kappa shape index (κ2) is 7.20. The SMILES string of the molecule is COCCOc1cccc(-c2noc(-c3ccc([N+](=O)[O-])s3)n2)c1. The predicted octanol–water partition coefficient (Wildman–Crippen LogP) is 3.40. The molecule has 0 fully saturated rings. The first-order chi connectivity index (χ1) is 11.7. The van der Waals surface area contributed by atoms with E-state index in [1.807, 2.05) is 18.2 Å². The zero-order valence-electron chi connectivity index (χ0n) is 12.7. The van der Waals surface area contributed by atoms with Crippen LogP contribution < -0.4 is 4.74 Å². The summed E-state index contributed by atoms with van der Waals surface area (Å²) in [5.74, 6) is 1.30. The van der Waals surface area contributed by atoms with Gasteiger partial charge in [-0.1, -0.05) is 28.6 Å². The predicted molar refractivity (Wildman–Crippen MR) is 87.1 cm³/mol. The number of ether oxygens (including phenoxy) is 2. The Bertz CT molecular complexity index is 845. The minimum atomic E-state index is -0.452. The number of rotatable bonds is 7. The van der Waals surface area contributed by atoms with Crippen LogP contribution in [-0.2, 0) is 4.74 Å². The van der Waals surface area contributed by atoms with Gasteiger partial charge in [-0.25, -0.2) is 0 Å². The molecule has 9 heteroatoms. The molecule has 8 nitrogen and oxygen atoms in total. The van der Waals surface area contributed by atoms with E-state index in [0.29, 0.717) is 29.7 Å². The molecule has 3 aromatic rings. The van der Waals surface area contributed by atoms with Gasteiger partial charge in [-0.2, -0.15) is 4.98 Å². The van der Waals surface area contributed by atoms with Crippen molar-refractivity contribution in [3.05, 3.63) is 46.5 Å². The topological polar surface area (TPSA) is 101 Å². The van der Waals surface area contributed by atoms with Gasteiger partial charge in [-0.15, -0.1) is 0 Å². The third kappa shape index (κ3) is 3.58. The molecular formula is C15H13N3O5S. The van der Waals surface area contributed by atoms with E-state index in [9.17, 15) is 10.1 Å². The number of nitrogens with zero attached hydrogens (tertiary/aromatic N) is 3. The molecule has 0 amide bonds. The second-order valence-electron chi connectivity index (χ2n) is 4.69. The minimum absolute atomic E-state index is 0.0262. The van der Waals surface area contributed by atoms with Crippen LogP contribution in [0.4, 0.5) is 5.00 Å². The maximum atomic E-state index is 10.7. The highest BCUT2D eigenvalue weighted by Crippen LogP contribution is 2.32. The van der Waals surface area contributed by atoms with Crippen LogP contribution in [0.2, 0.25) is 0 Å². The van der Waals surface area contributed by atoms with Crippen molar-refractivity contribution in [2.75, 3.05) is 20.3 Å². The molecule has 2 heterocycles. The van der Waals surface area contributed by atoms with Gasteiger partial charge in [0, 0.05) is 18.7 Å². The van der Waals surface area contributed by atoms with Gasteiger partial charge >= 0.3 is 5.00 Å². The fourth-order valence-electron chi connectivity index (χ4n) is 1.95. The number of aromatic nitrogens is 2. The van der Waals surface area contributed by atoms with Gasteiger partial charge in [0.15, 0.2) is 0 Å². The molecule has 0 aliphatic rings. The van der Waals surface area contributed by atoms with Gasteiger partial charge in [0.25, 0.3) is 5.89 Å². The van der Waals surface area contributed by atoms with Crippen LogP contribution in [0.15, 0.2) is 40.9 Å². The zero-order chi connectivity index (χ0) is 16.9. The van der Waals surface area contributed by atoms with Gasteiger partial charge in [-0.3, -0.25) is 10.1 Å². The zero-order valence-corrected chi connectivity index (χ0v) is 13.5. The Morgan fingerprint density at radius 1 is 1.29 bits per heavy atom. The van der Waals surface area contributed by atoms with Gasteiger partial charge in [0.2, 0.25) is 5.82 Å². The van der Waals surface area contributed by atoms with Crippen molar-refractivity contribution in [2.24, 2.45) is 0 Å². The van der Waals surface area contributed by atoms with Crippen LogP contribution in [-0.4, -0.2) is 35.4 Å². The normalized spacial score (nSPS) is 10.7. The highest BCUT2D eigenvalue weighted by Gasteiger charge is 2.17. The molecule has 0 saturated carbocycles. The van der Waals surface area contributed by atoms with Crippen molar-refractivity contribution in [3.8, 4) is 27.9 Å². The van der Waals surface area contributed by atoms with E-state index in [1.165, 1.54) is 6.07 Å². The molecular weight excluding hydrogens is 334 g/mol. The number of benzene rings is 1. The Labute approximate surface area is 140 Å². The first-order valence-electron chi connectivity index (χ1n) is 6.98. The maximum absolute atomic E-state index is 10.7. The minimum Gasteiger partial charge on any atom is -0.491 e. The second-order valence-corrected chi connectivity index (χ2v) is 5.75. The van der Waals surface area contributed by atoms with E-state index in [0.717, 1.165) is 16.9 Å². The molecule has 3 rings (SSSR count). The summed E-state index contributed by atoms with van der Waals surface area (Å²) >= 11 is 0.985. The van der Waals surface area contributed by atoms with Crippen LogP contribution in [0.1, 0.15) is 0 Å². The van der Waals surface area contributed by atoms with E-state index in [1.54, 1.807) is 19.2 Å². The standard InChI is InChI=1S/C15H13N3O5S/c1-21-7-8-22-11-4-2-3-10(9-11)14-16-15(23-17-14)12-5-6-13(24-12)18(19)20/h2-6,9H,7-8H2,1H3. The third-order valence-corrected chi connectivity index (χ3v) is 4.08. The van der Waals surface area contributed by atoms with E-state index in [-0.39, 0.29) is 10.9 Å². The monoisotopic (exact) mass is 347 g/mol. The van der Waals surface area contributed by atoms with Crippen LogP contribution in [0.25, 0.3) is 22.2 Å². The molecule has 0 bridgehead atoms. The molecule has 0 unspecified atom stereocenters. The van der Waals surface area contributed by atoms with Gasteiger partial charge in [-0.05, 0) is 18.2 Å². The van der Waals surface area contributed by atoms with Crippen molar-refractivity contribution in [3.63, 3.8) is 0 Å². The molecule has 0 radical (unpaired) electrons. The van der Waals surface area contributed by atoms with Crippen molar-refractivity contribution < 1.29 is 18.9 Å². The lowest BCUT2D eigenvalue weighted by atomic mass is 10.2. The van der Waals surface area contributed by atoms with Crippen LogP contribution in [0.5, 0.6) is 5.75 Å². The lowest BCUT2D eigenvalue weighted by Gasteiger charge is -2.05. The number of nitro groups is 1. The van der Waals surface area contributed by atoms with E-state index in [2.05, 4.69) is 10.1 Å². The molecule has 24 heavy (non-hydrogen) atoms. The molecule has 2 aromatic heterocycles. The molecule has 0 saturated heterocycles. The van der Waals surface area contributed by atoms with Crippen molar-refractivity contribution >= 4 is 16.3 Å². The maximum Gasteiger partial charge on any atom is 0.324 e. The molecule has 0 N–H and O–H groups in total. The number of thiophene rings is 1. The molecule has 0 aliphatic heterocycles. The van der Waals surface area contributed by atoms with Crippen molar-refractivity contribution in [1.29, 1.82) is 0 Å². The molecule has 1 aromatic carbocycles. The summed E-state index contributed by atoms with van der Waals surface area (Å²) in [5, 5.41) is 14.7. The Hall–Kier alpha value is -2.78. The average molecular weight is 347 g/mol. The molecule has 0 aliphatic carbocycles. The molecule has 124 valence electrons. The lowest BCUT2D eigenvalue weighted by Crippen LogP contribution is -2.04. The summed E-state index contributed by atoms with van der Waals surface area (Å²) in [6.45, 7) is 0.935. The van der Waals surface area contributed by atoms with Crippen LogP contribution >= 0.6 is 11.3 Å². The Morgan fingerprint density at radius 2 is 2.17 bits per heavy atom. The summed E-state index contributed by atoms with van der Waals surface area (Å²) in [7, 11) is 1.61. The number of hydrogen-bond acceptors (Lipinski definition) is 8. The molecule has 0 atom stereocenters. The highest BCUT2D eigenvalue weighted by atomic mass is 32.1. The van der Waals surface area contributed by atoms with Gasteiger partial charge in [0.1, 0.15) is 12.4 Å². The highest BCUT2D eigenvalue weighted by molar-refractivity contribution is 7.18. The van der Waals surface area contributed by atoms with E-state index >= 15 is 0 Å². The lowest BCUT2D eigenvalue weighted by molar-refractivity contribution is -0.380. The fourth-order valence-corrected chi connectivity index (χ4v) is 2.69. The quantitative estimate of drug-likeness (QED) is 0.367. The van der Waals surface area contributed by atoms with Crippen LogP contribution in [0.3, 0.4) is 0 Å². The smallest absolute Gasteiger partial charge is 0.324 e. The first kappa shape index (κ1) is 16.1. The van der Waals surface area contributed by atoms with Crippen LogP contribution in [0, 0.1) is 10.1 Å². The Balaban J connectivity index is 1.79. The van der Waals surface area contributed by atoms with E-state index in [4.69, 9.17) is 14.0 Å². The Morgan fingerprint density at radius 3 is 2.92 bits per heavy atom. The molecule has 0 spiro atoms.